The van der Waals surface area contributed by atoms with Crippen LogP contribution in [0.1, 0.15) is 88.0 Å². The van der Waals surface area contributed by atoms with E-state index in [4.69, 9.17) is 14.6 Å². The van der Waals surface area contributed by atoms with Crippen molar-refractivity contribution in [3.8, 4) is 0 Å². The normalized spacial score (nSPS) is 20.7. The van der Waals surface area contributed by atoms with E-state index in [1.807, 2.05) is 13.8 Å². The SMILES string of the molecule is CCO.CC[C@@H]1CC(=O)[C@H](n2nnc3c(=O)[nH]c(NC(=O)C(C)C)nc32)O1.CC[C@@H]1C[C@H](O)[C@H](n2nnc3c(=O)[nH]c(NC(=O)C(C)C)nc32)O1.[B].[H-].[Na+]. The largest absolute Gasteiger partial charge is 1.00 e. The standard InChI is InChI=1S/C14H20N6O4.C14H18N6O4.C2H6O.B.Na.H/c2*1-4-7-5-8(21)13(24-7)20-10-9(18-19-20)12(23)17-14(15-10)16-11(22)6(2)3;1-2-3;;;/h6-8,13,21H,4-5H2,1-3H3,(H2,15,16,17,22,23);6-7,13H,4-5H2,1-3H3,(H2,15,16,17,22,23);3H,2H2,1H3;;;/q;;;;+1;-1/t7-,8+,13-;7-,13-;;;;/m11..../s1. The number of Topliss-reactive ketones (excluding diaryl/α,β-unsaturated/α-hetero) is 1. The van der Waals surface area contributed by atoms with E-state index in [0.717, 1.165) is 6.42 Å². The molecule has 2 amide bonds. The molecule has 23 heteroatoms. The third-order valence-corrected chi connectivity index (χ3v) is 7.77. The van der Waals surface area contributed by atoms with Gasteiger partial charge in [0.2, 0.25) is 29.9 Å². The first-order chi connectivity index (χ1) is 24.2. The second-order valence-corrected chi connectivity index (χ2v) is 12.4. The van der Waals surface area contributed by atoms with Gasteiger partial charge in [-0.25, -0.2) is 0 Å². The number of nitrogens with zero attached hydrogens (tertiary/aromatic N) is 8. The molecule has 6 N–H and O–H groups in total. The van der Waals surface area contributed by atoms with Crippen molar-refractivity contribution in [1.82, 2.24) is 49.9 Å². The maximum Gasteiger partial charge on any atom is 1.00 e. The molecule has 0 spiro atoms. The summed E-state index contributed by atoms with van der Waals surface area (Å²) in [5.74, 6) is -1.28. The van der Waals surface area contributed by atoms with Crippen LogP contribution in [0.3, 0.4) is 0 Å². The van der Waals surface area contributed by atoms with Gasteiger partial charge in [0.25, 0.3) is 11.1 Å². The van der Waals surface area contributed by atoms with Gasteiger partial charge in [0.05, 0.1) is 12.2 Å². The maximum absolute atomic E-state index is 12.1. The number of carbonyl (C=O) groups excluding carboxylic acids is 3. The van der Waals surface area contributed by atoms with Gasteiger partial charge in [0.1, 0.15) is 6.10 Å². The van der Waals surface area contributed by atoms with E-state index in [9.17, 15) is 29.1 Å². The number of anilines is 2. The van der Waals surface area contributed by atoms with Crippen molar-refractivity contribution < 1.29 is 65.1 Å². The fourth-order valence-electron chi connectivity index (χ4n) is 4.93. The molecule has 4 aromatic rings. The molecule has 0 aliphatic carbocycles. The molecule has 6 rings (SSSR count). The zero-order chi connectivity index (χ0) is 37.6. The fourth-order valence-corrected chi connectivity index (χ4v) is 4.93. The summed E-state index contributed by atoms with van der Waals surface area (Å²) in [6.45, 7) is 12.7. The van der Waals surface area contributed by atoms with Crippen molar-refractivity contribution in [1.29, 1.82) is 0 Å². The molecule has 3 radical (unpaired) electrons. The number of aliphatic hydroxyl groups is 2. The van der Waals surface area contributed by atoms with Gasteiger partial charge in [-0.15, -0.1) is 10.2 Å². The molecular weight excluding hydrogens is 706 g/mol. The second-order valence-electron chi connectivity index (χ2n) is 12.4. The molecule has 6 heterocycles. The van der Waals surface area contributed by atoms with E-state index in [0.29, 0.717) is 12.8 Å². The van der Waals surface area contributed by atoms with E-state index in [1.165, 1.54) is 9.36 Å². The molecule has 0 saturated carbocycles. The Kier molecular flexibility index (Phi) is 17.0. The first-order valence-electron chi connectivity index (χ1n) is 16.7. The third-order valence-electron chi connectivity index (χ3n) is 7.77. The van der Waals surface area contributed by atoms with Crippen LogP contribution in [0.2, 0.25) is 0 Å². The number of H-pyrrole nitrogens is 2. The quantitative estimate of drug-likeness (QED) is 0.0998. The Labute approximate surface area is 328 Å². The van der Waals surface area contributed by atoms with Gasteiger partial charge in [-0.3, -0.25) is 44.6 Å². The average Bonchev–Trinajstić information content (AvgIpc) is 3.86. The Morgan fingerprint density at radius 2 is 1.30 bits per heavy atom. The van der Waals surface area contributed by atoms with Crippen LogP contribution in [0, 0.1) is 11.8 Å². The summed E-state index contributed by atoms with van der Waals surface area (Å²) >= 11 is 0. The van der Waals surface area contributed by atoms with Crippen molar-refractivity contribution in [3.05, 3.63) is 20.7 Å². The monoisotopic (exact) mass is 751 g/mol. The molecule has 0 aromatic carbocycles. The molecule has 2 aliphatic heterocycles. The third kappa shape index (κ3) is 10.6. The Morgan fingerprint density at radius 1 is 0.849 bits per heavy atom. The van der Waals surface area contributed by atoms with Crippen molar-refractivity contribution in [2.24, 2.45) is 11.8 Å². The number of ketones is 1. The van der Waals surface area contributed by atoms with Crippen LogP contribution in [0.4, 0.5) is 11.9 Å². The Hall–Kier alpha value is -3.93. The molecule has 0 unspecified atom stereocenters. The minimum absolute atomic E-state index is 0. The molecule has 5 atom stereocenters. The van der Waals surface area contributed by atoms with Gasteiger partial charge in [0.15, 0.2) is 34.3 Å². The van der Waals surface area contributed by atoms with Crippen LogP contribution in [0.5, 0.6) is 0 Å². The molecule has 283 valence electrons. The number of ether oxygens (including phenoxy) is 2. The first-order valence-corrected chi connectivity index (χ1v) is 16.7. The van der Waals surface area contributed by atoms with Gasteiger partial charge in [-0.05, 0) is 19.8 Å². The van der Waals surface area contributed by atoms with Crippen molar-refractivity contribution in [3.63, 3.8) is 0 Å². The Morgan fingerprint density at radius 3 is 1.72 bits per heavy atom. The number of nitrogens with one attached hydrogen (secondary N) is 4. The Bertz CT molecular complexity index is 1990. The first kappa shape index (κ1) is 45.2. The number of aromatic nitrogens is 10. The summed E-state index contributed by atoms with van der Waals surface area (Å²) in [5.41, 5.74) is -0.832. The van der Waals surface area contributed by atoms with E-state index >= 15 is 0 Å². The zero-order valence-electron chi connectivity index (χ0n) is 32.0. The minimum Gasteiger partial charge on any atom is -1.00 e. The van der Waals surface area contributed by atoms with Gasteiger partial charge < -0.3 is 21.1 Å². The van der Waals surface area contributed by atoms with Crippen LogP contribution < -0.4 is 51.3 Å². The average molecular weight is 752 g/mol. The van der Waals surface area contributed by atoms with E-state index in [-0.39, 0.29) is 128 Å². The predicted octanol–water partition coefficient (Wildman–Crippen LogP) is -2.72. The molecular formula is C30H45BN12NaO9. The van der Waals surface area contributed by atoms with Crippen molar-refractivity contribution in [2.45, 2.75) is 105 Å². The van der Waals surface area contributed by atoms with E-state index in [2.05, 4.69) is 51.2 Å². The maximum atomic E-state index is 12.1. The summed E-state index contributed by atoms with van der Waals surface area (Å²) in [7, 11) is 0. The number of aliphatic hydroxyl groups excluding tert-OH is 2. The Balaban J connectivity index is 0.000000479. The van der Waals surface area contributed by atoms with Crippen LogP contribution in [0.25, 0.3) is 22.3 Å². The van der Waals surface area contributed by atoms with Crippen LogP contribution in [0.15, 0.2) is 9.59 Å². The van der Waals surface area contributed by atoms with Gasteiger partial charge in [-0.1, -0.05) is 52.0 Å². The molecule has 0 bridgehead atoms. The number of hydrogen-bond acceptors (Lipinski definition) is 15. The molecule has 2 fully saturated rings. The number of rotatable bonds is 8. The van der Waals surface area contributed by atoms with Crippen LogP contribution in [-0.2, 0) is 23.9 Å². The molecule has 53 heavy (non-hydrogen) atoms. The summed E-state index contributed by atoms with van der Waals surface area (Å²) in [6, 6.07) is 0. The number of carbonyl (C=O) groups is 3. The number of aromatic amines is 2. The summed E-state index contributed by atoms with van der Waals surface area (Å²) < 4.78 is 13.9. The van der Waals surface area contributed by atoms with Gasteiger partial charge >= 0.3 is 29.6 Å². The zero-order valence-corrected chi connectivity index (χ0v) is 33.0. The number of hydrogen-bond donors (Lipinski definition) is 6. The molecule has 2 aliphatic rings. The number of amides is 2. The van der Waals surface area contributed by atoms with Gasteiger partial charge in [0, 0.05) is 39.7 Å². The van der Waals surface area contributed by atoms with Gasteiger partial charge in [-0.2, -0.15) is 19.3 Å². The molecule has 4 aromatic heterocycles. The summed E-state index contributed by atoms with van der Waals surface area (Å²) in [6.07, 6.45) is -0.566. The second kappa shape index (κ2) is 20.0. The smallest absolute Gasteiger partial charge is 1.00 e. The molecule has 2 saturated heterocycles. The molecule has 21 nitrogen and oxygen atoms in total. The van der Waals surface area contributed by atoms with Crippen LogP contribution in [-0.4, -0.2) is 111 Å². The number of fused-ring (bicyclic) bond motifs is 2. The van der Waals surface area contributed by atoms with Crippen molar-refractivity contribution >= 4 is 60.2 Å². The van der Waals surface area contributed by atoms with E-state index < -0.39 is 29.7 Å². The summed E-state index contributed by atoms with van der Waals surface area (Å²) in [5, 5.41) is 38.1. The van der Waals surface area contributed by atoms with E-state index in [1.54, 1.807) is 34.6 Å². The predicted molar refractivity (Wildman–Crippen MR) is 187 cm³/mol. The summed E-state index contributed by atoms with van der Waals surface area (Å²) in [4.78, 5) is 73.2. The fraction of sp³-hybridized carbons (Fsp3) is 0.633. The minimum atomic E-state index is -0.956. The topological polar surface area (TPSA) is 287 Å². The van der Waals surface area contributed by atoms with Crippen LogP contribution >= 0.6 is 0 Å². The van der Waals surface area contributed by atoms with Crippen molar-refractivity contribution in [2.75, 3.05) is 17.2 Å².